The van der Waals surface area contributed by atoms with E-state index in [2.05, 4.69) is 10.6 Å². The van der Waals surface area contributed by atoms with Crippen molar-refractivity contribution in [2.45, 2.75) is 39.2 Å². The summed E-state index contributed by atoms with van der Waals surface area (Å²) in [6.45, 7) is 6.26. The number of carbonyl (C=O) groups is 3. The van der Waals surface area contributed by atoms with Crippen molar-refractivity contribution >= 4 is 40.7 Å². The van der Waals surface area contributed by atoms with Gasteiger partial charge in [0.05, 0.1) is 6.54 Å². The van der Waals surface area contributed by atoms with Crippen LogP contribution in [-0.4, -0.2) is 37.9 Å². The minimum atomic E-state index is -0.857. The number of halogens is 1. The van der Waals surface area contributed by atoms with Gasteiger partial charge in [-0.1, -0.05) is 43.6 Å². The lowest BCUT2D eigenvalue weighted by atomic mass is 9.95. The topological polar surface area (TPSA) is 87.7 Å². The number of carbonyl (C=O) groups excluding carboxylic acids is 3. The number of nitrogens with zero attached hydrogens (tertiary/aromatic N) is 1. The molecule has 1 unspecified atom stereocenters. The van der Waals surface area contributed by atoms with Gasteiger partial charge < -0.3 is 20.3 Å². The molecule has 0 bridgehead atoms. The van der Waals surface area contributed by atoms with Crippen LogP contribution in [0.2, 0.25) is 5.02 Å². The average molecular weight is 472 g/mol. The largest absolute Gasteiger partial charge is 0.372 e. The molecule has 3 amide bonds. The summed E-state index contributed by atoms with van der Waals surface area (Å²) in [5.41, 5.74) is 2.22. The van der Waals surface area contributed by atoms with Crippen LogP contribution >= 0.6 is 11.6 Å². The molecule has 2 aromatic rings. The second-order valence-corrected chi connectivity index (χ2v) is 9.11. The maximum Gasteiger partial charge on any atom is 0.313 e. The Morgan fingerprint density at radius 2 is 1.91 bits per heavy atom. The van der Waals surface area contributed by atoms with Gasteiger partial charge in [0.2, 0.25) is 5.91 Å². The van der Waals surface area contributed by atoms with Gasteiger partial charge in [-0.05, 0) is 55.2 Å². The number of benzene rings is 2. The number of rotatable bonds is 6. The predicted molar refractivity (Wildman–Crippen MR) is 129 cm³/mol. The first-order chi connectivity index (χ1) is 15.6. The first-order valence-electron chi connectivity index (χ1n) is 11.0. The van der Waals surface area contributed by atoms with Gasteiger partial charge in [0, 0.05) is 36.0 Å². The molecule has 2 N–H and O–H groups in total. The molecular formula is C25H30ClN3O4. The van der Waals surface area contributed by atoms with Crippen LogP contribution in [0.5, 0.6) is 0 Å². The van der Waals surface area contributed by atoms with Crippen molar-refractivity contribution in [1.29, 1.82) is 0 Å². The molecule has 8 heteroatoms. The highest BCUT2D eigenvalue weighted by molar-refractivity contribution is 6.39. The molecule has 7 nitrogen and oxygen atoms in total. The van der Waals surface area contributed by atoms with E-state index in [0.29, 0.717) is 17.3 Å². The smallest absolute Gasteiger partial charge is 0.313 e. The molecule has 1 heterocycles. The summed E-state index contributed by atoms with van der Waals surface area (Å²) in [6.07, 6.45) is 1.76. The summed E-state index contributed by atoms with van der Waals surface area (Å²) in [7, 11) is 1.53. The van der Waals surface area contributed by atoms with Gasteiger partial charge in [0.15, 0.2) is 0 Å². The molecule has 0 saturated carbocycles. The highest BCUT2D eigenvalue weighted by atomic mass is 35.5. The van der Waals surface area contributed by atoms with Crippen LogP contribution in [0, 0.1) is 5.92 Å². The third-order valence-electron chi connectivity index (χ3n) is 5.90. The molecule has 0 saturated heterocycles. The lowest BCUT2D eigenvalue weighted by Crippen LogP contribution is -2.44. The number of amides is 3. The van der Waals surface area contributed by atoms with Crippen molar-refractivity contribution in [3.05, 3.63) is 58.6 Å². The number of methoxy groups -OCH3 is 1. The maximum atomic E-state index is 12.6. The number of ether oxygens (including phenoxy) is 1. The fourth-order valence-corrected chi connectivity index (χ4v) is 4.01. The van der Waals surface area contributed by atoms with E-state index in [4.69, 9.17) is 16.3 Å². The van der Waals surface area contributed by atoms with Crippen LogP contribution in [-0.2, 0) is 31.1 Å². The monoisotopic (exact) mass is 471 g/mol. The van der Waals surface area contributed by atoms with Gasteiger partial charge in [0.1, 0.15) is 5.60 Å². The van der Waals surface area contributed by atoms with Crippen LogP contribution in [0.25, 0.3) is 0 Å². The Balaban J connectivity index is 1.68. The third kappa shape index (κ3) is 5.72. The van der Waals surface area contributed by atoms with Crippen molar-refractivity contribution in [3.8, 4) is 0 Å². The molecule has 0 spiro atoms. The van der Waals surface area contributed by atoms with Crippen molar-refractivity contribution < 1.29 is 19.1 Å². The SMILES string of the molecule is COC(C)(CNC(=O)C(=O)Nc1ccc2c(c1)N(C(=O)C(C)C)CCC2)c1cccc(Cl)c1. The van der Waals surface area contributed by atoms with Crippen molar-refractivity contribution in [3.63, 3.8) is 0 Å². The van der Waals surface area contributed by atoms with Gasteiger partial charge in [-0.2, -0.15) is 0 Å². The van der Waals surface area contributed by atoms with E-state index in [0.717, 1.165) is 29.7 Å². The van der Waals surface area contributed by atoms with E-state index in [9.17, 15) is 14.4 Å². The normalized spacial score (nSPS) is 14.9. The van der Waals surface area contributed by atoms with Crippen LogP contribution < -0.4 is 15.5 Å². The molecule has 1 atom stereocenters. The summed E-state index contributed by atoms with van der Waals surface area (Å²) in [5, 5.41) is 5.82. The Morgan fingerprint density at radius 3 is 2.58 bits per heavy atom. The first kappa shape index (κ1) is 24.7. The molecule has 0 aliphatic carbocycles. The van der Waals surface area contributed by atoms with Crippen LogP contribution in [0.1, 0.15) is 38.3 Å². The second kappa shape index (κ2) is 10.4. The molecule has 1 aliphatic heterocycles. The predicted octanol–water partition coefficient (Wildman–Crippen LogP) is 3.89. The van der Waals surface area contributed by atoms with Crippen LogP contribution in [0.3, 0.4) is 0 Å². The van der Waals surface area contributed by atoms with Crippen LogP contribution in [0.15, 0.2) is 42.5 Å². The standard InChI is InChI=1S/C25H30ClN3O4/c1-16(2)24(32)29-12-6-7-17-10-11-20(14-21(17)29)28-23(31)22(30)27-15-25(3,33-4)18-8-5-9-19(26)13-18/h5,8-11,13-14,16H,6-7,12,15H2,1-4H3,(H,27,30)(H,28,31). The Kier molecular flexibility index (Phi) is 7.76. The fraction of sp³-hybridized carbons (Fsp3) is 0.400. The number of fused-ring (bicyclic) bond motifs is 1. The lowest BCUT2D eigenvalue weighted by molar-refractivity contribution is -0.137. The molecule has 176 valence electrons. The minimum Gasteiger partial charge on any atom is -0.372 e. The molecule has 3 rings (SSSR count). The van der Waals surface area contributed by atoms with E-state index in [1.807, 2.05) is 26.0 Å². The summed E-state index contributed by atoms with van der Waals surface area (Å²) >= 11 is 6.08. The number of nitrogens with one attached hydrogen (secondary N) is 2. The van der Waals surface area contributed by atoms with Gasteiger partial charge in [-0.25, -0.2) is 0 Å². The molecular weight excluding hydrogens is 442 g/mol. The highest BCUT2D eigenvalue weighted by Crippen LogP contribution is 2.31. The summed E-state index contributed by atoms with van der Waals surface area (Å²) in [5.74, 6) is -1.67. The number of hydrogen-bond acceptors (Lipinski definition) is 4. The zero-order valence-corrected chi connectivity index (χ0v) is 20.2. The second-order valence-electron chi connectivity index (χ2n) is 8.67. The Morgan fingerprint density at radius 1 is 1.15 bits per heavy atom. The lowest BCUT2D eigenvalue weighted by Gasteiger charge is -2.31. The molecule has 0 aromatic heterocycles. The summed E-state index contributed by atoms with van der Waals surface area (Å²) in [6, 6.07) is 12.6. The van der Waals surface area contributed by atoms with Crippen LogP contribution in [0.4, 0.5) is 11.4 Å². The molecule has 0 fully saturated rings. The summed E-state index contributed by atoms with van der Waals surface area (Å²) < 4.78 is 5.60. The molecule has 2 aromatic carbocycles. The molecule has 1 aliphatic rings. The van der Waals surface area contributed by atoms with E-state index in [-0.39, 0.29) is 18.4 Å². The Hall–Kier alpha value is -2.90. The zero-order valence-electron chi connectivity index (χ0n) is 19.4. The Bertz CT molecular complexity index is 1060. The van der Waals surface area contributed by atoms with Gasteiger partial charge in [0.25, 0.3) is 0 Å². The number of anilines is 2. The average Bonchev–Trinajstić information content (AvgIpc) is 2.81. The maximum absolute atomic E-state index is 12.6. The quantitative estimate of drug-likeness (QED) is 0.625. The highest BCUT2D eigenvalue weighted by Gasteiger charge is 2.29. The summed E-state index contributed by atoms with van der Waals surface area (Å²) in [4.78, 5) is 39.4. The third-order valence-corrected chi connectivity index (χ3v) is 6.14. The van der Waals surface area contributed by atoms with Crippen molar-refractivity contribution in [2.24, 2.45) is 5.92 Å². The van der Waals surface area contributed by atoms with Gasteiger partial charge >= 0.3 is 11.8 Å². The number of hydrogen-bond donors (Lipinski definition) is 2. The van der Waals surface area contributed by atoms with Crippen molar-refractivity contribution in [1.82, 2.24) is 5.32 Å². The van der Waals surface area contributed by atoms with Crippen molar-refractivity contribution in [2.75, 3.05) is 30.4 Å². The van der Waals surface area contributed by atoms with E-state index in [1.165, 1.54) is 7.11 Å². The fourth-order valence-electron chi connectivity index (χ4n) is 3.82. The van der Waals surface area contributed by atoms with E-state index in [1.54, 1.807) is 42.2 Å². The first-order valence-corrected chi connectivity index (χ1v) is 11.4. The molecule has 0 radical (unpaired) electrons. The van der Waals surface area contributed by atoms with Gasteiger partial charge in [-0.3, -0.25) is 14.4 Å². The minimum absolute atomic E-state index is 0.0389. The van der Waals surface area contributed by atoms with Gasteiger partial charge in [-0.15, -0.1) is 0 Å². The number of aryl methyl sites for hydroxylation is 1. The van der Waals surface area contributed by atoms with E-state index < -0.39 is 17.4 Å². The zero-order chi connectivity index (χ0) is 24.2. The van der Waals surface area contributed by atoms with E-state index >= 15 is 0 Å². The Labute approximate surface area is 199 Å². The molecule has 33 heavy (non-hydrogen) atoms.